The summed E-state index contributed by atoms with van der Waals surface area (Å²) in [5.74, 6) is 6.48. The lowest BCUT2D eigenvalue weighted by molar-refractivity contribution is 0.887. The molecular formula is C12H13N9. The monoisotopic (exact) mass is 283 g/mol. The number of nitrogens with two attached hydrogens (primary N) is 1. The molecule has 106 valence electrons. The molecule has 3 aromatic heterocycles. The first-order chi connectivity index (χ1) is 10.3. The Morgan fingerprint density at radius 2 is 2.00 bits per heavy atom. The van der Waals surface area contributed by atoms with Gasteiger partial charge in [-0.15, -0.1) is 0 Å². The minimum Gasteiger partial charge on any atom is -0.350 e. The Hall–Kier alpha value is -3.07. The van der Waals surface area contributed by atoms with Crippen LogP contribution in [0, 0.1) is 0 Å². The molecule has 4 N–H and O–H groups in total. The Labute approximate surface area is 120 Å². The summed E-state index contributed by atoms with van der Waals surface area (Å²) >= 11 is 0. The molecule has 0 aliphatic heterocycles. The molecule has 0 radical (unpaired) electrons. The third-order valence-corrected chi connectivity index (χ3v) is 2.66. The Balaban J connectivity index is 1.83. The second-order valence-corrected chi connectivity index (χ2v) is 4.11. The fraction of sp³-hybridized carbons (Fsp3) is 0.0833. The van der Waals surface area contributed by atoms with Crippen molar-refractivity contribution < 1.29 is 0 Å². The van der Waals surface area contributed by atoms with E-state index in [0.717, 1.165) is 5.56 Å². The third kappa shape index (κ3) is 3.09. The smallest absolute Gasteiger partial charge is 0.243 e. The maximum atomic E-state index is 5.38. The lowest BCUT2D eigenvalue weighted by Crippen LogP contribution is -2.15. The lowest BCUT2D eigenvalue weighted by Gasteiger charge is -2.08. The molecule has 3 rings (SSSR count). The van der Waals surface area contributed by atoms with E-state index in [4.69, 9.17) is 5.84 Å². The van der Waals surface area contributed by atoms with Crippen LogP contribution in [0.1, 0.15) is 5.56 Å². The number of rotatable bonds is 5. The van der Waals surface area contributed by atoms with Crippen molar-refractivity contribution >= 4 is 11.9 Å². The molecule has 3 heterocycles. The number of nitrogens with one attached hydrogen (secondary N) is 2. The van der Waals surface area contributed by atoms with Gasteiger partial charge in [-0.05, 0) is 11.6 Å². The van der Waals surface area contributed by atoms with Gasteiger partial charge >= 0.3 is 0 Å². The zero-order valence-corrected chi connectivity index (χ0v) is 11.0. The average molecular weight is 283 g/mol. The first-order valence-electron chi connectivity index (χ1n) is 6.19. The number of pyridine rings is 1. The highest BCUT2D eigenvalue weighted by atomic mass is 15.4. The third-order valence-electron chi connectivity index (χ3n) is 2.66. The number of imidazole rings is 1. The van der Waals surface area contributed by atoms with Crippen LogP contribution in [0.2, 0.25) is 0 Å². The van der Waals surface area contributed by atoms with Crippen LogP contribution in [0.3, 0.4) is 0 Å². The van der Waals surface area contributed by atoms with E-state index in [1.807, 2.05) is 12.1 Å². The molecule has 9 heteroatoms. The van der Waals surface area contributed by atoms with Crippen LogP contribution in [-0.2, 0) is 6.54 Å². The highest BCUT2D eigenvalue weighted by molar-refractivity contribution is 5.37. The van der Waals surface area contributed by atoms with Crippen LogP contribution < -0.4 is 16.6 Å². The highest BCUT2D eigenvalue weighted by Crippen LogP contribution is 2.09. The predicted octanol–water partition coefficient (Wildman–Crippen LogP) is 0.350. The van der Waals surface area contributed by atoms with Crippen LogP contribution in [0.5, 0.6) is 0 Å². The summed E-state index contributed by atoms with van der Waals surface area (Å²) in [6.45, 7) is 0.547. The van der Waals surface area contributed by atoms with Crippen LogP contribution in [0.25, 0.3) is 5.95 Å². The molecule has 0 bridgehead atoms. The van der Waals surface area contributed by atoms with E-state index in [-0.39, 0.29) is 5.95 Å². The summed E-state index contributed by atoms with van der Waals surface area (Å²) in [6, 6.07) is 3.83. The zero-order valence-electron chi connectivity index (χ0n) is 11.0. The molecular weight excluding hydrogens is 270 g/mol. The predicted molar refractivity (Wildman–Crippen MR) is 76.3 cm³/mol. The van der Waals surface area contributed by atoms with Gasteiger partial charge in [0.15, 0.2) is 0 Å². The molecule has 0 fully saturated rings. The number of hydrogen-bond acceptors (Lipinski definition) is 8. The number of hydrogen-bond donors (Lipinski definition) is 3. The molecule has 0 unspecified atom stereocenters. The number of nitrogens with zero attached hydrogens (tertiary/aromatic N) is 6. The fourth-order valence-corrected chi connectivity index (χ4v) is 1.69. The Kier molecular flexibility index (Phi) is 3.65. The van der Waals surface area contributed by atoms with Gasteiger partial charge < -0.3 is 5.32 Å². The van der Waals surface area contributed by atoms with E-state index < -0.39 is 0 Å². The summed E-state index contributed by atoms with van der Waals surface area (Å²) < 4.78 is 1.66. The Morgan fingerprint density at radius 1 is 1.10 bits per heavy atom. The first kappa shape index (κ1) is 12.9. The number of anilines is 2. The second kappa shape index (κ2) is 5.92. The van der Waals surface area contributed by atoms with Gasteiger partial charge in [-0.1, -0.05) is 6.07 Å². The molecule has 0 aromatic carbocycles. The van der Waals surface area contributed by atoms with Crippen LogP contribution in [-0.4, -0.2) is 29.5 Å². The molecule has 3 aromatic rings. The molecule has 0 atom stereocenters. The summed E-state index contributed by atoms with van der Waals surface area (Å²) in [4.78, 5) is 20.6. The standard InChI is InChI=1S/C12H13N9/c13-20-11-17-10(16-7-9-2-1-3-14-6-9)18-12(19-11)21-5-4-15-8-21/h1-6,8H,7,13H2,(H2,16,17,18,19,20). The van der Waals surface area contributed by atoms with Crippen molar-refractivity contribution in [3.05, 3.63) is 48.8 Å². The van der Waals surface area contributed by atoms with Gasteiger partial charge in [-0.25, -0.2) is 10.8 Å². The van der Waals surface area contributed by atoms with Crippen molar-refractivity contribution in [2.75, 3.05) is 10.7 Å². The average Bonchev–Trinajstić information content (AvgIpc) is 3.08. The summed E-state index contributed by atoms with van der Waals surface area (Å²) in [6.07, 6.45) is 8.47. The van der Waals surface area contributed by atoms with Crippen molar-refractivity contribution in [2.24, 2.45) is 5.84 Å². The molecule has 0 spiro atoms. The van der Waals surface area contributed by atoms with Crippen LogP contribution >= 0.6 is 0 Å². The number of hydrazine groups is 1. The van der Waals surface area contributed by atoms with Crippen molar-refractivity contribution in [3.8, 4) is 5.95 Å². The fourth-order valence-electron chi connectivity index (χ4n) is 1.69. The van der Waals surface area contributed by atoms with Gasteiger partial charge in [0.05, 0.1) is 0 Å². The lowest BCUT2D eigenvalue weighted by atomic mass is 10.3. The molecule has 21 heavy (non-hydrogen) atoms. The molecule has 0 amide bonds. The van der Waals surface area contributed by atoms with Gasteiger partial charge in [0.25, 0.3) is 0 Å². The van der Waals surface area contributed by atoms with Crippen molar-refractivity contribution in [1.82, 2.24) is 29.5 Å². The van der Waals surface area contributed by atoms with Gasteiger partial charge in [-0.3, -0.25) is 15.0 Å². The quantitative estimate of drug-likeness (QED) is 0.453. The summed E-state index contributed by atoms with van der Waals surface area (Å²) in [7, 11) is 0. The maximum Gasteiger partial charge on any atom is 0.243 e. The van der Waals surface area contributed by atoms with Crippen molar-refractivity contribution in [3.63, 3.8) is 0 Å². The van der Waals surface area contributed by atoms with E-state index >= 15 is 0 Å². The summed E-state index contributed by atoms with van der Waals surface area (Å²) in [5.41, 5.74) is 3.44. The Bertz CT molecular complexity index is 696. The molecule has 0 aliphatic carbocycles. The van der Waals surface area contributed by atoms with Gasteiger partial charge in [-0.2, -0.15) is 15.0 Å². The molecule has 0 aliphatic rings. The van der Waals surface area contributed by atoms with E-state index in [0.29, 0.717) is 18.4 Å². The minimum atomic E-state index is 0.266. The number of aromatic nitrogens is 6. The minimum absolute atomic E-state index is 0.266. The van der Waals surface area contributed by atoms with E-state index in [2.05, 4.69) is 35.7 Å². The van der Waals surface area contributed by atoms with E-state index in [1.165, 1.54) is 0 Å². The van der Waals surface area contributed by atoms with Gasteiger partial charge in [0, 0.05) is 31.3 Å². The van der Waals surface area contributed by atoms with Gasteiger partial charge in [0.1, 0.15) is 6.33 Å². The molecule has 9 nitrogen and oxygen atoms in total. The topological polar surface area (TPSA) is 119 Å². The van der Waals surface area contributed by atoms with Crippen LogP contribution in [0.15, 0.2) is 43.2 Å². The largest absolute Gasteiger partial charge is 0.350 e. The number of nitrogen functional groups attached to an aromatic ring is 1. The van der Waals surface area contributed by atoms with Crippen molar-refractivity contribution in [1.29, 1.82) is 0 Å². The maximum absolute atomic E-state index is 5.38. The van der Waals surface area contributed by atoms with Crippen LogP contribution in [0.4, 0.5) is 11.9 Å². The van der Waals surface area contributed by atoms with E-state index in [9.17, 15) is 0 Å². The molecule has 0 saturated carbocycles. The Morgan fingerprint density at radius 3 is 2.71 bits per heavy atom. The first-order valence-corrected chi connectivity index (χ1v) is 6.19. The second-order valence-electron chi connectivity index (χ2n) is 4.11. The summed E-state index contributed by atoms with van der Waals surface area (Å²) in [5, 5.41) is 3.11. The highest BCUT2D eigenvalue weighted by Gasteiger charge is 2.07. The SMILES string of the molecule is NNc1nc(NCc2cccnc2)nc(-n2ccnc2)n1. The van der Waals surface area contributed by atoms with E-state index in [1.54, 1.807) is 35.7 Å². The van der Waals surface area contributed by atoms with Gasteiger partial charge in [0.2, 0.25) is 17.8 Å². The van der Waals surface area contributed by atoms with Crippen molar-refractivity contribution in [2.45, 2.75) is 6.54 Å². The molecule has 0 saturated heterocycles. The normalized spacial score (nSPS) is 10.3. The zero-order chi connectivity index (χ0) is 14.5.